The SMILES string of the molecule is CC1CCCN(CCC(=O)c2ccc(O)cc2)C1. The zero-order valence-corrected chi connectivity index (χ0v) is 10.9. The molecular formula is C15H21NO2. The summed E-state index contributed by atoms with van der Waals surface area (Å²) in [5.74, 6) is 1.12. The molecule has 1 aromatic carbocycles. The molecule has 1 aromatic rings. The molecule has 1 fully saturated rings. The van der Waals surface area contributed by atoms with E-state index in [1.54, 1.807) is 24.3 Å². The molecule has 0 spiro atoms. The lowest BCUT2D eigenvalue weighted by molar-refractivity contribution is 0.0949. The first-order valence-corrected chi connectivity index (χ1v) is 6.70. The molecule has 0 aliphatic carbocycles. The van der Waals surface area contributed by atoms with E-state index in [1.807, 2.05) is 0 Å². The zero-order valence-electron chi connectivity index (χ0n) is 10.9. The number of piperidine rings is 1. The number of Topliss-reactive ketones (excluding diaryl/α,β-unsaturated/α-hetero) is 1. The van der Waals surface area contributed by atoms with Crippen LogP contribution >= 0.6 is 0 Å². The highest BCUT2D eigenvalue weighted by Gasteiger charge is 2.17. The van der Waals surface area contributed by atoms with Crippen LogP contribution in [-0.4, -0.2) is 35.4 Å². The minimum atomic E-state index is 0.160. The van der Waals surface area contributed by atoms with Crippen molar-refractivity contribution >= 4 is 5.78 Å². The summed E-state index contributed by atoms with van der Waals surface area (Å²) in [6.45, 7) is 5.36. The van der Waals surface area contributed by atoms with E-state index in [9.17, 15) is 9.90 Å². The number of likely N-dealkylation sites (tertiary alicyclic amines) is 1. The molecule has 1 N–H and O–H groups in total. The highest BCUT2D eigenvalue weighted by atomic mass is 16.3. The first kappa shape index (κ1) is 13.1. The number of aromatic hydroxyl groups is 1. The molecule has 2 rings (SSSR count). The van der Waals surface area contributed by atoms with E-state index in [0.29, 0.717) is 12.0 Å². The average molecular weight is 247 g/mol. The van der Waals surface area contributed by atoms with Crippen LogP contribution in [0.4, 0.5) is 0 Å². The number of ketones is 1. The van der Waals surface area contributed by atoms with Crippen LogP contribution in [0.1, 0.15) is 36.5 Å². The number of benzene rings is 1. The Bertz CT molecular complexity index is 399. The molecule has 0 saturated carbocycles. The van der Waals surface area contributed by atoms with Gasteiger partial charge in [-0.2, -0.15) is 0 Å². The van der Waals surface area contributed by atoms with Gasteiger partial charge in [-0.15, -0.1) is 0 Å². The maximum absolute atomic E-state index is 12.0. The lowest BCUT2D eigenvalue weighted by atomic mass is 9.99. The van der Waals surface area contributed by atoms with E-state index in [1.165, 1.54) is 12.8 Å². The quantitative estimate of drug-likeness (QED) is 0.832. The van der Waals surface area contributed by atoms with Crippen LogP contribution in [0.5, 0.6) is 5.75 Å². The number of carbonyl (C=O) groups excluding carboxylic acids is 1. The summed E-state index contributed by atoms with van der Waals surface area (Å²) in [5.41, 5.74) is 0.692. The Morgan fingerprint density at radius 2 is 2.11 bits per heavy atom. The fraction of sp³-hybridized carbons (Fsp3) is 0.533. The molecular weight excluding hydrogens is 226 g/mol. The number of phenolic OH excluding ortho intramolecular Hbond substituents is 1. The second-order valence-electron chi connectivity index (χ2n) is 5.27. The minimum absolute atomic E-state index is 0.160. The Kier molecular flexibility index (Phi) is 4.37. The Hall–Kier alpha value is -1.35. The molecule has 1 aliphatic heterocycles. The maximum atomic E-state index is 12.0. The van der Waals surface area contributed by atoms with Gasteiger partial charge in [0.15, 0.2) is 5.78 Å². The standard InChI is InChI=1S/C15H21NO2/c1-12-3-2-9-16(11-12)10-8-15(18)13-4-6-14(17)7-5-13/h4-7,12,17H,2-3,8-11H2,1H3. The van der Waals surface area contributed by atoms with Gasteiger partial charge in [0.2, 0.25) is 0 Å². The zero-order chi connectivity index (χ0) is 13.0. The lowest BCUT2D eigenvalue weighted by Crippen LogP contribution is -2.35. The molecule has 1 atom stereocenters. The fourth-order valence-corrected chi connectivity index (χ4v) is 2.54. The van der Waals surface area contributed by atoms with E-state index in [4.69, 9.17) is 0 Å². The van der Waals surface area contributed by atoms with Gasteiger partial charge in [-0.1, -0.05) is 6.92 Å². The summed E-state index contributed by atoms with van der Waals surface area (Å²) in [7, 11) is 0. The molecule has 0 bridgehead atoms. The average Bonchev–Trinajstić information content (AvgIpc) is 2.37. The summed E-state index contributed by atoms with van der Waals surface area (Å²) >= 11 is 0. The van der Waals surface area contributed by atoms with Gasteiger partial charge in [0, 0.05) is 25.1 Å². The Labute approximate surface area is 108 Å². The third-order valence-electron chi connectivity index (χ3n) is 3.59. The molecule has 98 valence electrons. The van der Waals surface area contributed by atoms with E-state index >= 15 is 0 Å². The number of carbonyl (C=O) groups is 1. The number of rotatable bonds is 4. The number of hydrogen-bond donors (Lipinski definition) is 1. The van der Waals surface area contributed by atoms with Gasteiger partial charge in [0.1, 0.15) is 5.75 Å². The summed E-state index contributed by atoms with van der Waals surface area (Å²) < 4.78 is 0. The molecule has 0 aromatic heterocycles. The van der Waals surface area contributed by atoms with E-state index in [-0.39, 0.29) is 11.5 Å². The van der Waals surface area contributed by atoms with Crippen LogP contribution < -0.4 is 0 Å². The molecule has 18 heavy (non-hydrogen) atoms. The van der Waals surface area contributed by atoms with Crippen LogP contribution in [0.2, 0.25) is 0 Å². The van der Waals surface area contributed by atoms with Crippen molar-refractivity contribution in [2.45, 2.75) is 26.2 Å². The third-order valence-corrected chi connectivity index (χ3v) is 3.59. The van der Waals surface area contributed by atoms with Crippen molar-refractivity contribution < 1.29 is 9.90 Å². The molecule has 1 heterocycles. The van der Waals surface area contributed by atoms with E-state index < -0.39 is 0 Å². The van der Waals surface area contributed by atoms with Gasteiger partial charge in [-0.05, 0) is 49.6 Å². The van der Waals surface area contributed by atoms with Gasteiger partial charge in [0.25, 0.3) is 0 Å². The van der Waals surface area contributed by atoms with Crippen molar-refractivity contribution in [3.05, 3.63) is 29.8 Å². The van der Waals surface area contributed by atoms with E-state index in [2.05, 4.69) is 11.8 Å². The van der Waals surface area contributed by atoms with Crippen LogP contribution in [0, 0.1) is 5.92 Å². The van der Waals surface area contributed by atoms with Crippen LogP contribution in [0.3, 0.4) is 0 Å². The molecule has 1 saturated heterocycles. The normalized spacial score (nSPS) is 20.8. The van der Waals surface area contributed by atoms with Crippen molar-refractivity contribution in [3.8, 4) is 5.75 Å². The second kappa shape index (κ2) is 6.01. The molecule has 0 amide bonds. The summed E-state index contributed by atoms with van der Waals surface area (Å²) in [6, 6.07) is 6.51. The predicted molar refractivity (Wildman–Crippen MR) is 71.9 cm³/mol. The fourth-order valence-electron chi connectivity index (χ4n) is 2.54. The highest BCUT2D eigenvalue weighted by Crippen LogP contribution is 2.16. The third kappa shape index (κ3) is 3.57. The second-order valence-corrected chi connectivity index (χ2v) is 5.27. The molecule has 3 nitrogen and oxygen atoms in total. The predicted octanol–water partition coefficient (Wildman–Crippen LogP) is 2.70. The monoisotopic (exact) mass is 247 g/mol. The van der Waals surface area contributed by atoms with Crippen molar-refractivity contribution in [1.82, 2.24) is 4.90 Å². The Balaban J connectivity index is 1.82. The van der Waals surface area contributed by atoms with Crippen LogP contribution in [0.25, 0.3) is 0 Å². The number of hydrogen-bond acceptors (Lipinski definition) is 3. The summed E-state index contributed by atoms with van der Waals surface area (Å²) in [6.07, 6.45) is 3.12. The van der Waals surface area contributed by atoms with Crippen molar-refractivity contribution in [1.29, 1.82) is 0 Å². The topological polar surface area (TPSA) is 40.5 Å². The van der Waals surface area contributed by atoms with Gasteiger partial charge in [-0.25, -0.2) is 0 Å². The van der Waals surface area contributed by atoms with Gasteiger partial charge in [0.05, 0.1) is 0 Å². The highest BCUT2D eigenvalue weighted by molar-refractivity contribution is 5.96. The largest absolute Gasteiger partial charge is 0.508 e. The van der Waals surface area contributed by atoms with Gasteiger partial charge >= 0.3 is 0 Å². The smallest absolute Gasteiger partial charge is 0.164 e. The van der Waals surface area contributed by atoms with Crippen molar-refractivity contribution in [2.24, 2.45) is 5.92 Å². The molecule has 0 radical (unpaired) electrons. The minimum Gasteiger partial charge on any atom is -0.508 e. The summed E-state index contributed by atoms with van der Waals surface area (Å²) in [4.78, 5) is 14.4. The molecule has 1 aliphatic rings. The van der Waals surface area contributed by atoms with Crippen LogP contribution in [-0.2, 0) is 0 Å². The van der Waals surface area contributed by atoms with E-state index in [0.717, 1.165) is 25.6 Å². The van der Waals surface area contributed by atoms with Crippen molar-refractivity contribution in [3.63, 3.8) is 0 Å². The molecule has 3 heteroatoms. The number of phenols is 1. The number of nitrogens with zero attached hydrogens (tertiary/aromatic N) is 1. The Morgan fingerprint density at radius 1 is 1.39 bits per heavy atom. The first-order chi connectivity index (χ1) is 8.65. The summed E-state index contributed by atoms with van der Waals surface area (Å²) in [5, 5.41) is 9.18. The van der Waals surface area contributed by atoms with Gasteiger partial charge in [-0.3, -0.25) is 4.79 Å². The lowest BCUT2D eigenvalue weighted by Gasteiger charge is -2.30. The first-order valence-electron chi connectivity index (χ1n) is 6.70. The van der Waals surface area contributed by atoms with Crippen LogP contribution in [0.15, 0.2) is 24.3 Å². The van der Waals surface area contributed by atoms with Gasteiger partial charge < -0.3 is 10.0 Å². The maximum Gasteiger partial charge on any atom is 0.164 e. The van der Waals surface area contributed by atoms with Crippen molar-refractivity contribution in [2.75, 3.05) is 19.6 Å². The Morgan fingerprint density at radius 3 is 2.78 bits per heavy atom. The molecule has 1 unspecified atom stereocenters.